The minimum Gasteiger partial charge on any atom is -0.465 e. The van der Waals surface area contributed by atoms with E-state index in [1.54, 1.807) is 6.07 Å². The highest BCUT2D eigenvalue weighted by molar-refractivity contribution is 5.89. The Morgan fingerprint density at radius 3 is 2.64 bits per heavy atom. The van der Waals surface area contributed by atoms with Gasteiger partial charge in [0.1, 0.15) is 17.3 Å². The van der Waals surface area contributed by atoms with E-state index >= 15 is 0 Å². The molecule has 0 radical (unpaired) electrons. The van der Waals surface area contributed by atoms with E-state index in [2.05, 4.69) is 10.2 Å². The second kappa shape index (κ2) is 8.05. The van der Waals surface area contributed by atoms with Crippen LogP contribution in [0.5, 0.6) is 0 Å². The van der Waals surface area contributed by atoms with Gasteiger partial charge in [-0.2, -0.15) is 0 Å². The molecule has 1 N–H and O–H groups in total. The minimum atomic E-state index is -0.614. The molecule has 1 aliphatic carbocycles. The third-order valence-corrected chi connectivity index (χ3v) is 6.05. The summed E-state index contributed by atoms with van der Waals surface area (Å²) < 4.78 is 25.1. The predicted octanol–water partition coefficient (Wildman–Crippen LogP) is 3.34. The number of halogens is 1. The summed E-state index contributed by atoms with van der Waals surface area (Å²) in [5.74, 6) is 1.39. The van der Waals surface area contributed by atoms with E-state index < -0.39 is 5.41 Å². The summed E-state index contributed by atoms with van der Waals surface area (Å²) in [6.07, 6.45) is 2.49. The molecule has 2 heterocycles. The van der Waals surface area contributed by atoms with Gasteiger partial charge in [-0.25, -0.2) is 4.39 Å². The molecule has 6 heteroatoms. The lowest BCUT2D eigenvalue weighted by atomic mass is 9.63. The number of hydrogen-bond donors (Lipinski definition) is 1. The molecule has 1 saturated carbocycles. The predicted molar refractivity (Wildman–Crippen MR) is 104 cm³/mol. The van der Waals surface area contributed by atoms with Crippen molar-refractivity contribution in [2.45, 2.75) is 37.6 Å². The van der Waals surface area contributed by atoms with Gasteiger partial charge in [-0.1, -0.05) is 18.6 Å². The van der Waals surface area contributed by atoms with Crippen LogP contribution in [-0.2, 0) is 14.9 Å². The van der Waals surface area contributed by atoms with Gasteiger partial charge in [0.05, 0.1) is 24.7 Å². The van der Waals surface area contributed by atoms with Gasteiger partial charge in [0.15, 0.2) is 0 Å². The number of benzene rings is 1. The van der Waals surface area contributed by atoms with E-state index in [4.69, 9.17) is 9.15 Å². The lowest BCUT2D eigenvalue weighted by molar-refractivity contribution is -0.130. The molecular weight excluding hydrogens is 359 g/mol. The van der Waals surface area contributed by atoms with Crippen molar-refractivity contribution >= 4 is 5.91 Å². The first-order valence-corrected chi connectivity index (χ1v) is 10.0. The molecule has 1 aliphatic heterocycles. The number of rotatable bonds is 6. The maximum atomic E-state index is 13.7. The molecule has 1 amide bonds. The van der Waals surface area contributed by atoms with Gasteiger partial charge in [0.25, 0.3) is 0 Å². The molecule has 0 bridgehead atoms. The zero-order chi connectivity index (χ0) is 19.6. The van der Waals surface area contributed by atoms with E-state index in [0.29, 0.717) is 19.8 Å². The lowest BCUT2D eigenvalue weighted by Gasteiger charge is -2.41. The van der Waals surface area contributed by atoms with Crippen LogP contribution in [0.25, 0.3) is 0 Å². The van der Waals surface area contributed by atoms with Crippen molar-refractivity contribution in [3.63, 3.8) is 0 Å². The molecule has 1 atom stereocenters. The SMILES string of the molecule is Cc1ccc(C(CNC(=O)C2(c3cccc(F)c3)CCC2)N2CCOCC2)o1. The molecule has 1 unspecified atom stereocenters. The molecule has 1 aromatic carbocycles. The number of ether oxygens (including phenoxy) is 1. The van der Waals surface area contributed by atoms with Gasteiger partial charge >= 0.3 is 0 Å². The van der Waals surface area contributed by atoms with Crippen LogP contribution in [0.4, 0.5) is 4.39 Å². The van der Waals surface area contributed by atoms with Gasteiger partial charge in [-0.3, -0.25) is 9.69 Å². The molecule has 4 rings (SSSR count). The summed E-state index contributed by atoms with van der Waals surface area (Å²) in [6, 6.07) is 10.3. The number of nitrogens with zero attached hydrogens (tertiary/aromatic N) is 1. The normalized spacial score (nSPS) is 20.4. The summed E-state index contributed by atoms with van der Waals surface area (Å²) in [6.45, 7) is 5.34. The highest BCUT2D eigenvalue weighted by atomic mass is 19.1. The quantitative estimate of drug-likeness (QED) is 0.827. The second-order valence-corrected chi connectivity index (χ2v) is 7.77. The number of morpholine rings is 1. The topological polar surface area (TPSA) is 54.7 Å². The van der Waals surface area contributed by atoms with Crippen molar-refractivity contribution in [1.29, 1.82) is 0 Å². The number of carbonyl (C=O) groups is 1. The first kappa shape index (κ1) is 19.2. The Bertz CT molecular complexity index is 825. The van der Waals surface area contributed by atoms with Crippen LogP contribution in [0, 0.1) is 12.7 Å². The zero-order valence-electron chi connectivity index (χ0n) is 16.2. The van der Waals surface area contributed by atoms with E-state index in [1.165, 1.54) is 12.1 Å². The number of amides is 1. The van der Waals surface area contributed by atoms with Crippen molar-refractivity contribution in [2.24, 2.45) is 0 Å². The minimum absolute atomic E-state index is 0.0223. The first-order chi connectivity index (χ1) is 13.6. The first-order valence-electron chi connectivity index (χ1n) is 10.0. The Morgan fingerprint density at radius 1 is 1.25 bits per heavy atom. The van der Waals surface area contributed by atoms with E-state index in [1.807, 2.05) is 25.1 Å². The Labute approximate surface area is 164 Å². The van der Waals surface area contributed by atoms with E-state index in [0.717, 1.165) is 49.4 Å². The molecular formula is C22H27FN2O3. The van der Waals surface area contributed by atoms with Crippen molar-refractivity contribution in [1.82, 2.24) is 10.2 Å². The fourth-order valence-corrected chi connectivity index (χ4v) is 4.25. The smallest absolute Gasteiger partial charge is 0.230 e. The van der Waals surface area contributed by atoms with Gasteiger partial charge in [0.2, 0.25) is 5.91 Å². The second-order valence-electron chi connectivity index (χ2n) is 7.77. The Kier molecular flexibility index (Phi) is 5.51. The molecule has 5 nitrogen and oxygen atoms in total. The summed E-state index contributed by atoms with van der Waals surface area (Å²) in [4.78, 5) is 15.5. The van der Waals surface area contributed by atoms with Crippen LogP contribution >= 0.6 is 0 Å². The van der Waals surface area contributed by atoms with Crippen LogP contribution in [0.15, 0.2) is 40.8 Å². The summed E-state index contributed by atoms with van der Waals surface area (Å²) in [7, 11) is 0. The van der Waals surface area contributed by atoms with Crippen molar-refractivity contribution in [3.05, 3.63) is 59.3 Å². The van der Waals surface area contributed by atoms with Gasteiger partial charge < -0.3 is 14.5 Å². The van der Waals surface area contributed by atoms with Crippen LogP contribution in [0.1, 0.15) is 42.4 Å². The Hall–Kier alpha value is -2.18. The molecule has 0 spiro atoms. The van der Waals surface area contributed by atoms with Crippen molar-refractivity contribution in [2.75, 3.05) is 32.8 Å². The van der Waals surface area contributed by atoms with Gasteiger partial charge in [-0.05, 0) is 49.6 Å². The van der Waals surface area contributed by atoms with E-state index in [-0.39, 0.29) is 17.8 Å². The largest absolute Gasteiger partial charge is 0.465 e. The third kappa shape index (κ3) is 3.71. The van der Waals surface area contributed by atoms with Gasteiger partial charge in [-0.15, -0.1) is 0 Å². The molecule has 1 aromatic heterocycles. The zero-order valence-corrected chi connectivity index (χ0v) is 16.2. The summed E-state index contributed by atoms with van der Waals surface area (Å²) in [5.41, 5.74) is 0.157. The number of furan rings is 1. The fraction of sp³-hybridized carbons (Fsp3) is 0.500. The highest BCUT2D eigenvalue weighted by Gasteiger charge is 2.46. The maximum absolute atomic E-state index is 13.7. The van der Waals surface area contributed by atoms with Crippen LogP contribution in [-0.4, -0.2) is 43.7 Å². The molecule has 2 aromatic rings. The van der Waals surface area contributed by atoms with Crippen molar-refractivity contribution in [3.8, 4) is 0 Å². The van der Waals surface area contributed by atoms with Crippen LogP contribution in [0.2, 0.25) is 0 Å². The molecule has 28 heavy (non-hydrogen) atoms. The van der Waals surface area contributed by atoms with Crippen LogP contribution < -0.4 is 5.32 Å². The standard InChI is InChI=1S/C22H27FN2O3/c1-16-6-7-20(28-16)19(25-10-12-27-13-11-25)15-24-21(26)22(8-3-9-22)17-4-2-5-18(23)14-17/h2,4-7,14,19H,3,8-13,15H2,1H3,(H,24,26). The Balaban J connectivity index is 1.50. The van der Waals surface area contributed by atoms with Crippen molar-refractivity contribution < 1.29 is 18.3 Å². The molecule has 2 aliphatic rings. The van der Waals surface area contributed by atoms with E-state index in [9.17, 15) is 9.18 Å². The van der Waals surface area contributed by atoms with Crippen LogP contribution in [0.3, 0.4) is 0 Å². The number of hydrogen-bond acceptors (Lipinski definition) is 4. The average Bonchev–Trinajstić information content (AvgIpc) is 3.08. The third-order valence-electron chi connectivity index (χ3n) is 6.05. The van der Waals surface area contributed by atoms with Gasteiger partial charge in [0, 0.05) is 19.6 Å². The number of aryl methyl sites for hydroxylation is 1. The summed E-state index contributed by atoms with van der Waals surface area (Å²) >= 11 is 0. The average molecular weight is 386 g/mol. The highest BCUT2D eigenvalue weighted by Crippen LogP contribution is 2.44. The number of nitrogens with one attached hydrogen (secondary N) is 1. The Morgan fingerprint density at radius 2 is 2.04 bits per heavy atom. The summed E-state index contributed by atoms with van der Waals surface area (Å²) in [5, 5.41) is 3.14. The number of carbonyl (C=O) groups excluding carboxylic acids is 1. The molecule has 150 valence electrons. The maximum Gasteiger partial charge on any atom is 0.230 e. The molecule has 1 saturated heterocycles. The fourth-order valence-electron chi connectivity index (χ4n) is 4.25. The lowest BCUT2D eigenvalue weighted by Crippen LogP contribution is -2.51. The molecule has 2 fully saturated rings. The monoisotopic (exact) mass is 386 g/mol.